The molecule has 0 aromatic heterocycles. The minimum atomic E-state index is 0.144. The quantitative estimate of drug-likeness (QED) is 0.712. The first-order chi connectivity index (χ1) is 11.6. The number of hydrogen-bond acceptors (Lipinski definition) is 1. The summed E-state index contributed by atoms with van der Waals surface area (Å²) in [4.78, 5) is 12.1. The summed E-state index contributed by atoms with van der Waals surface area (Å²) in [7, 11) is 0. The van der Waals surface area contributed by atoms with Crippen LogP contribution in [0, 0.1) is 23.7 Å². The van der Waals surface area contributed by atoms with Gasteiger partial charge in [0.05, 0.1) is 0 Å². The lowest BCUT2D eigenvalue weighted by Gasteiger charge is -2.12. The Morgan fingerprint density at radius 3 is 2.67 bits per heavy atom. The van der Waals surface area contributed by atoms with Crippen molar-refractivity contribution in [3.63, 3.8) is 0 Å². The molecule has 1 aromatic rings. The molecule has 0 bridgehead atoms. The van der Waals surface area contributed by atoms with Crippen LogP contribution in [0.2, 0.25) is 0 Å². The van der Waals surface area contributed by atoms with Crippen molar-refractivity contribution in [2.45, 2.75) is 71.8 Å². The van der Waals surface area contributed by atoms with Crippen molar-refractivity contribution in [2.24, 2.45) is 11.8 Å². The molecule has 0 radical (unpaired) electrons. The smallest absolute Gasteiger partial charge is 0.220 e. The average Bonchev–Trinajstić information content (AvgIpc) is 2.52. The Morgan fingerprint density at radius 1 is 1.17 bits per heavy atom. The molecule has 0 aliphatic heterocycles. The third-order valence-corrected chi connectivity index (χ3v) is 4.54. The normalized spacial score (nSPS) is 17.5. The van der Waals surface area contributed by atoms with Crippen LogP contribution in [-0.4, -0.2) is 5.91 Å². The predicted molar refractivity (Wildman–Crippen MR) is 100 cm³/mol. The van der Waals surface area contributed by atoms with E-state index in [1.165, 1.54) is 30.4 Å². The standard InChI is InChI=1S/C22H31NO/c1-18(2)16-20-10-12-21(13-11-20)17-23-22(24)15-14-19-8-6-4-3-5-7-9-19/h10-13,18-19H,3-6,8,14-17H2,1-2H3,(H,23,24). The van der Waals surface area contributed by atoms with E-state index in [-0.39, 0.29) is 5.91 Å². The lowest BCUT2D eigenvalue weighted by molar-refractivity contribution is -0.121. The zero-order valence-corrected chi connectivity index (χ0v) is 15.2. The molecule has 1 amide bonds. The SMILES string of the molecule is CC(C)Cc1ccc(CNC(=O)CCC2C#CCCCCC2)cc1. The van der Waals surface area contributed by atoms with Gasteiger partial charge in [0.2, 0.25) is 5.91 Å². The van der Waals surface area contributed by atoms with Crippen LogP contribution >= 0.6 is 0 Å². The largest absolute Gasteiger partial charge is 0.352 e. The summed E-state index contributed by atoms with van der Waals surface area (Å²) in [5.41, 5.74) is 2.53. The average molecular weight is 325 g/mol. The second kappa shape index (κ2) is 10.2. The zero-order chi connectivity index (χ0) is 17.2. The number of amides is 1. The summed E-state index contributed by atoms with van der Waals surface area (Å²) in [6.07, 6.45) is 8.53. The van der Waals surface area contributed by atoms with Crippen molar-refractivity contribution >= 4 is 5.91 Å². The van der Waals surface area contributed by atoms with Gasteiger partial charge in [-0.1, -0.05) is 56.9 Å². The Balaban J connectivity index is 1.70. The van der Waals surface area contributed by atoms with E-state index in [0.717, 1.165) is 25.7 Å². The van der Waals surface area contributed by atoms with Crippen molar-refractivity contribution in [3.8, 4) is 11.8 Å². The van der Waals surface area contributed by atoms with Crippen LogP contribution in [0.3, 0.4) is 0 Å². The number of rotatable bonds is 7. The van der Waals surface area contributed by atoms with E-state index in [1.54, 1.807) is 0 Å². The summed E-state index contributed by atoms with van der Waals surface area (Å²) in [5.74, 6) is 7.82. The number of nitrogens with one attached hydrogen (secondary N) is 1. The van der Waals surface area contributed by atoms with Gasteiger partial charge in [0.25, 0.3) is 0 Å². The molecule has 1 atom stereocenters. The van der Waals surface area contributed by atoms with Gasteiger partial charge in [0.15, 0.2) is 0 Å². The van der Waals surface area contributed by atoms with Crippen molar-refractivity contribution in [3.05, 3.63) is 35.4 Å². The molecule has 0 fully saturated rings. The van der Waals surface area contributed by atoms with Gasteiger partial charge in [-0.05, 0) is 42.7 Å². The van der Waals surface area contributed by atoms with Crippen LogP contribution in [0.25, 0.3) is 0 Å². The van der Waals surface area contributed by atoms with Crippen LogP contribution in [0.5, 0.6) is 0 Å². The van der Waals surface area contributed by atoms with Crippen LogP contribution in [-0.2, 0) is 17.8 Å². The van der Waals surface area contributed by atoms with Gasteiger partial charge < -0.3 is 5.32 Å². The zero-order valence-electron chi connectivity index (χ0n) is 15.2. The Bertz CT molecular complexity index is 562. The Labute approximate surface area is 147 Å². The summed E-state index contributed by atoms with van der Waals surface area (Å²) in [5, 5.41) is 3.04. The molecule has 1 aliphatic carbocycles. The van der Waals surface area contributed by atoms with Crippen molar-refractivity contribution in [1.82, 2.24) is 5.32 Å². The minimum Gasteiger partial charge on any atom is -0.352 e. The van der Waals surface area contributed by atoms with Gasteiger partial charge in [-0.2, -0.15) is 0 Å². The molecule has 24 heavy (non-hydrogen) atoms. The van der Waals surface area contributed by atoms with Crippen molar-refractivity contribution in [2.75, 3.05) is 0 Å². The van der Waals surface area contributed by atoms with Crippen molar-refractivity contribution < 1.29 is 4.79 Å². The van der Waals surface area contributed by atoms with Gasteiger partial charge in [0, 0.05) is 25.3 Å². The topological polar surface area (TPSA) is 29.1 Å². The van der Waals surface area contributed by atoms with Crippen LogP contribution in [0.4, 0.5) is 0 Å². The molecule has 130 valence electrons. The first-order valence-corrected chi connectivity index (χ1v) is 9.46. The second-order valence-corrected chi connectivity index (χ2v) is 7.35. The van der Waals surface area contributed by atoms with Crippen LogP contribution in [0.1, 0.15) is 69.9 Å². The summed E-state index contributed by atoms with van der Waals surface area (Å²) in [6.45, 7) is 5.08. The van der Waals surface area contributed by atoms with Crippen LogP contribution < -0.4 is 5.32 Å². The predicted octanol–water partition coefficient (Wildman–Crippen LogP) is 4.87. The molecule has 0 saturated heterocycles. The van der Waals surface area contributed by atoms with E-state index in [9.17, 15) is 4.79 Å². The summed E-state index contributed by atoms with van der Waals surface area (Å²) >= 11 is 0. The Hall–Kier alpha value is -1.75. The fourth-order valence-electron chi connectivity index (χ4n) is 3.15. The second-order valence-electron chi connectivity index (χ2n) is 7.35. The van der Waals surface area contributed by atoms with Gasteiger partial charge in [-0.25, -0.2) is 0 Å². The molecule has 0 spiro atoms. The summed E-state index contributed by atoms with van der Waals surface area (Å²) < 4.78 is 0. The molecule has 2 nitrogen and oxygen atoms in total. The third kappa shape index (κ3) is 7.21. The molecule has 0 saturated carbocycles. The van der Waals surface area contributed by atoms with Gasteiger partial charge in [-0.3, -0.25) is 4.79 Å². The first kappa shape index (κ1) is 18.6. The first-order valence-electron chi connectivity index (χ1n) is 9.46. The molecule has 2 rings (SSSR count). The van der Waals surface area contributed by atoms with E-state index in [1.807, 2.05) is 0 Å². The number of carbonyl (C=O) groups excluding carboxylic acids is 1. The molecule has 1 aliphatic rings. The maximum atomic E-state index is 12.1. The Kier molecular flexibility index (Phi) is 7.89. The lowest BCUT2D eigenvalue weighted by Crippen LogP contribution is -2.23. The molecule has 1 N–H and O–H groups in total. The van der Waals surface area contributed by atoms with E-state index in [4.69, 9.17) is 0 Å². The molecular formula is C22H31NO. The highest BCUT2D eigenvalue weighted by molar-refractivity contribution is 5.75. The lowest BCUT2D eigenvalue weighted by atomic mass is 9.94. The fourth-order valence-corrected chi connectivity index (χ4v) is 3.15. The van der Waals surface area contributed by atoms with Crippen LogP contribution in [0.15, 0.2) is 24.3 Å². The van der Waals surface area contributed by atoms with Gasteiger partial charge >= 0.3 is 0 Å². The molecule has 1 aromatic carbocycles. The highest BCUT2D eigenvalue weighted by Crippen LogP contribution is 2.17. The monoisotopic (exact) mass is 325 g/mol. The molecular weight excluding hydrogens is 294 g/mol. The van der Waals surface area contributed by atoms with E-state index in [0.29, 0.717) is 24.8 Å². The van der Waals surface area contributed by atoms with Gasteiger partial charge in [0.1, 0.15) is 0 Å². The number of benzene rings is 1. The van der Waals surface area contributed by atoms with E-state index in [2.05, 4.69) is 55.3 Å². The maximum Gasteiger partial charge on any atom is 0.220 e. The van der Waals surface area contributed by atoms with Crippen molar-refractivity contribution in [1.29, 1.82) is 0 Å². The molecule has 0 heterocycles. The summed E-state index contributed by atoms with van der Waals surface area (Å²) in [6, 6.07) is 8.59. The van der Waals surface area contributed by atoms with E-state index < -0.39 is 0 Å². The number of hydrogen-bond donors (Lipinski definition) is 1. The van der Waals surface area contributed by atoms with Gasteiger partial charge in [-0.15, -0.1) is 5.92 Å². The third-order valence-electron chi connectivity index (χ3n) is 4.54. The number of carbonyl (C=O) groups is 1. The minimum absolute atomic E-state index is 0.144. The maximum absolute atomic E-state index is 12.1. The highest BCUT2D eigenvalue weighted by atomic mass is 16.1. The fraction of sp³-hybridized carbons (Fsp3) is 0.591. The molecule has 2 heteroatoms. The molecule has 1 unspecified atom stereocenters. The van der Waals surface area contributed by atoms with E-state index >= 15 is 0 Å². The Morgan fingerprint density at radius 2 is 1.92 bits per heavy atom. The highest BCUT2D eigenvalue weighted by Gasteiger charge is 2.10.